The average Bonchev–Trinajstić information content (AvgIpc) is 2.79. The maximum Gasteiger partial charge on any atom is 0.303 e. The number of rotatable bonds is 6. The van der Waals surface area contributed by atoms with E-state index in [1.807, 2.05) is 39.8 Å². The Hall–Kier alpha value is -2.30. The zero-order chi connectivity index (χ0) is 17.2. The molecule has 2 N–H and O–H groups in total. The Bertz CT molecular complexity index is 743. The fraction of sp³-hybridized carbons (Fsp3) is 0.444. The van der Waals surface area contributed by atoms with Gasteiger partial charge in [-0.2, -0.15) is 0 Å². The number of amides is 1. The van der Waals surface area contributed by atoms with Gasteiger partial charge in [-0.25, -0.2) is 0 Å². The number of benzene rings is 1. The van der Waals surface area contributed by atoms with Gasteiger partial charge < -0.3 is 14.8 Å². The van der Waals surface area contributed by atoms with Crippen LogP contribution in [0.4, 0.5) is 0 Å². The smallest absolute Gasteiger partial charge is 0.303 e. The summed E-state index contributed by atoms with van der Waals surface area (Å²) in [6.45, 7) is 7.71. The minimum Gasteiger partial charge on any atom is -0.481 e. The second kappa shape index (κ2) is 6.44. The third-order valence-corrected chi connectivity index (χ3v) is 4.06. The SMILES string of the molecule is Cc1cc2occ(CC(=O)NC(C)(C)CCC(=O)O)c2cc1C. The maximum atomic E-state index is 12.3. The van der Waals surface area contributed by atoms with Crippen LogP contribution in [0, 0.1) is 13.8 Å². The summed E-state index contributed by atoms with van der Waals surface area (Å²) in [7, 11) is 0. The molecule has 5 nitrogen and oxygen atoms in total. The van der Waals surface area contributed by atoms with Crippen molar-refractivity contribution in [3.05, 3.63) is 35.1 Å². The van der Waals surface area contributed by atoms with E-state index in [1.54, 1.807) is 6.26 Å². The van der Waals surface area contributed by atoms with Crippen LogP contribution < -0.4 is 5.32 Å². The number of carboxylic acids is 1. The molecule has 5 heteroatoms. The lowest BCUT2D eigenvalue weighted by Crippen LogP contribution is -2.44. The van der Waals surface area contributed by atoms with Crippen LogP contribution in [0.5, 0.6) is 0 Å². The van der Waals surface area contributed by atoms with Crippen molar-refractivity contribution in [3.63, 3.8) is 0 Å². The van der Waals surface area contributed by atoms with E-state index in [-0.39, 0.29) is 18.7 Å². The molecule has 2 aromatic rings. The zero-order valence-electron chi connectivity index (χ0n) is 14.0. The number of carboxylic acid groups (broad SMARTS) is 1. The van der Waals surface area contributed by atoms with Crippen molar-refractivity contribution < 1.29 is 19.1 Å². The number of aliphatic carboxylic acids is 1. The Morgan fingerprint density at radius 2 is 1.87 bits per heavy atom. The van der Waals surface area contributed by atoms with E-state index >= 15 is 0 Å². The highest BCUT2D eigenvalue weighted by molar-refractivity contribution is 5.88. The van der Waals surface area contributed by atoms with E-state index in [0.717, 1.165) is 27.7 Å². The van der Waals surface area contributed by atoms with Gasteiger partial charge in [-0.15, -0.1) is 0 Å². The Kier molecular flexibility index (Phi) is 4.78. The van der Waals surface area contributed by atoms with E-state index in [4.69, 9.17) is 9.52 Å². The van der Waals surface area contributed by atoms with Crippen molar-refractivity contribution in [2.75, 3.05) is 0 Å². The van der Waals surface area contributed by atoms with Crippen LogP contribution in [-0.4, -0.2) is 22.5 Å². The molecule has 0 saturated heterocycles. The first-order chi connectivity index (χ1) is 10.7. The summed E-state index contributed by atoms with van der Waals surface area (Å²) in [5.41, 5.74) is 3.37. The van der Waals surface area contributed by atoms with Crippen molar-refractivity contribution in [2.45, 2.75) is 52.5 Å². The van der Waals surface area contributed by atoms with E-state index in [0.29, 0.717) is 6.42 Å². The number of carbonyl (C=O) groups excluding carboxylic acids is 1. The fourth-order valence-corrected chi connectivity index (χ4v) is 2.55. The first-order valence-electron chi connectivity index (χ1n) is 7.68. The van der Waals surface area contributed by atoms with E-state index in [9.17, 15) is 9.59 Å². The van der Waals surface area contributed by atoms with Crippen molar-refractivity contribution in [1.82, 2.24) is 5.32 Å². The van der Waals surface area contributed by atoms with Gasteiger partial charge >= 0.3 is 5.97 Å². The van der Waals surface area contributed by atoms with E-state index < -0.39 is 11.5 Å². The third kappa shape index (κ3) is 4.34. The quantitative estimate of drug-likeness (QED) is 0.856. The number of hydrogen-bond donors (Lipinski definition) is 2. The molecular formula is C18H23NO4. The minimum absolute atomic E-state index is 0.0282. The van der Waals surface area contributed by atoms with Crippen LogP contribution in [0.1, 0.15) is 43.4 Å². The fourth-order valence-electron chi connectivity index (χ4n) is 2.55. The lowest BCUT2D eigenvalue weighted by atomic mass is 9.97. The van der Waals surface area contributed by atoms with Crippen molar-refractivity contribution in [3.8, 4) is 0 Å². The van der Waals surface area contributed by atoms with Gasteiger partial charge in [0, 0.05) is 22.9 Å². The van der Waals surface area contributed by atoms with Gasteiger partial charge in [-0.3, -0.25) is 9.59 Å². The molecule has 0 fully saturated rings. The van der Waals surface area contributed by atoms with Crippen molar-refractivity contribution in [1.29, 1.82) is 0 Å². The molecule has 1 amide bonds. The number of carbonyl (C=O) groups is 2. The molecule has 2 rings (SSSR count). The van der Waals surface area contributed by atoms with Crippen LogP contribution in [0.15, 0.2) is 22.8 Å². The molecule has 0 unspecified atom stereocenters. The van der Waals surface area contributed by atoms with Gasteiger partial charge in [-0.05, 0) is 57.4 Å². The normalized spacial score (nSPS) is 11.7. The number of aryl methyl sites for hydroxylation is 2. The largest absolute Gasteiger partial charge is 0.481 e. The number of hydrogen-bond acceptors (Lipinski definition) is 3. The number of nitrogens with one attached hydrogen (secondary N) is 1. The molecule has 0 saturated carbocycles. The van der Waals surface area contributed by atoms with Gasteiger partial charge in [0.2, 0.25) is 5.91 Å². The second-order valence-electron chi connectivity index (χ2n) is 6.70. The Balaban J connectivity index is 2.08. The predicted molar refractivity (Wildman–Crippen MR) is 88.5 cm³/mol. The monoisotopic (exact) mass is 317 g/mol. The zero-order valence-corrected chi connectivity index (χ0v) is 14.0. The standard InChI is InChI=1S/C18H23NO4/c1-11-7-14-13(10-23-15(14)8-12(11)2)9-16(20)19-18(3,4)6-5-17(21)22/h7-8,10H,5-6,9H2,1-4H3,(H,19,20)(H,21,22). The van der Waals surface area contributed by atoms with Gasteiger partial charge in [0.05, 0.1) is 12.7 Å². The second-order valence-corrected chi connectivity index (χ2v) is 6.70. The van der Waals surface area contributed by atoms with E-state index in [2.05, 4.69) is 5.32 Å². The summed E-state index contributed by atoms with van der Waals surface area (Å²) in [4.78, 5) is 22.9. The van der Waals surface area contributed by atoms with Crippen LogP contribution in [0.2, 0.25) is 0 Å². The van der Waals surface area contributed by atoms with E-state index in [1.165, 1.54) is 0 Å². The Morgan fingerprint density at radius 1 is 1.22 bits per heavy atom. The molecule has 0 bridgehead atoms. The van der Waals surface area contributed by atoms with Gasteiger partial charge in [0.15, 0.2) is 0 Å². The summed E-state index contributed by atoms with van der Waals surface area (Å²) < 4.78 is 5.54. The summed E-state index contributed by atoms with van der Waals surface area (Å²) in [5, 5.41) is 12.6. The Morgan fingerprint density at radius 3 is 2.52 bits per heavy atom. The summed E-state index contributed by atoms with van der Waals surface area (Å²) in [6.07, 6.45) is 2.25. The highest BCUT2D eigenvalue weighted by Crippen LogP contribution is 2.25. The molecule has 1 heterocycles. The topological polar surface area (TPSA) is 79.5 Å². The average molecular weight is 317 g/mol. The summed E-state index contributed by atoms with van der Waals surface area (Å²) >= 11 is 0. The maximum absolute atomic E-state index is 12.3. The van der Waals surface area contributed by atoms with Gasteiger partial charge in [-0.1, -0.05) is 0 Å². The molecule has 1 aromatic carbocycles. The number of furan rings is 1. The minimum atomic E-state index is -0.862. The van der Waals surface area contributed by atoms with Crippen LogP contribution in [-0.2, 0) is 16.0 Å². The molecule has 0 aliphatic heterocycles. The molecule has 23 heavy (non-hydrogen) atoms. The van der Waals surface area contributed by atoms with Crippen LogP contribution in [0.25, 0.3) is 11.0 Å². The Labute approximate surface area is 135 Å². The molecular weight excluding hydrogens is 294 g/mol. The molecule has 0 aliphatic rings. The molecule has 0 atom stereocenters. The lowest BCUT2D eigenvalue weighted by Gasteiger charge is -2.25. The highest BCUT2D eigenvalue weighted by Gasteiger charge is 2.22. The molecule has 0 aliphatic carbocycles. The molecule has 0 spiro atoms. The van der Waals surface area contributed by atoms with Crippen LogP contribution >= 0.6 is 0 Å². The van der Waals surface area contributed by atoms with Crippen LogP contribution in [0.3, 0.4) is 0 Å². The first-order valence-corrected chi connectivity index (χ1v) is 7.68. The summed E-state index contributed by atoms with van der Waals surface area (Å²) in [5.74, 6) is -1.000. The lowest BCUT2D eigenvalue weighted by molar-refractivity contribution is -0.137. The molecule has 1 aromatic heterocycles. The van der Waals surface area contributed by atoms with Gasteiger partial charge in [0.25, 0.3) is 0 Å². The van der Waals surface area contributed by atoms with Crippen molar-refractivity contribution in [2.24, 2.45) is 0 Å². The van der Waals surface area contributed by atoms with Crippen molar-refractivity contribution >= 4 is 22.8 Å². The number of fused-ring (bicyclic) bond motifs is 1. The highest BCUT2D eigenvalue weighted by atomic mass is 16.4. The molecule has 124 valence electrons. The predicted octanol–water partition coefficient (Wildman–Crippen LogP) is 3.35. The first kappa shape index (κ1) is 17.1. The third-order valence-electron chi connectivity index (χ3n) is 4.06. The summed E-state index contributed by atoms with van der Waals surface area (Å²) in [6, 6.07) is 4.01. The molecule has 0 radical (unpaired) electrons. The van der Waals surface area contributed by atoms with Gasteiger partial charge in [0.1, 0.15) is 5.58 Å².